The molecule has 1 atom stereocenters. The minimum atomic E-state index is 0.131. The first kappa shape index (κ1) is 13.2. The molecular formula is C13H22N2O. The zero-order valence-corrected chi connectivity index (χ0v) is 10.2. The Morgan fingerprint density at radius 1 is 1.25 bits per heavy atom. The summed E-state index contributed by atoms with van der Waals surface area (Å²) in [5, 5.41) is 0. The third kappa shape index (κ3) is 4.75. The average Bonchev–Trinajstić information content (AvgIpc) is 2.34. The number of nitrogens with two attached hydrogens (primary N) is 1. The Morgan fingerprint density at radius 3 is 2.56 bits per heavy atom. The Bertz CT molecular complexity index is 277. The number of hydrogen-bond acceptors (Lipinski definition) is 3. The number of ether oxygens (including phenoxy) is 1. The van der Waals surface area contributed by atoms with E-state index in [1.54, 1.807) is 7.11 Å². The summed E-state index contributed by atoms with van der Waals surface area (Å²) in [5.74, 6) is 0. The van der Waals surface area contributed by atoms with Crippen LogP contribution in [0, 0.1) is 0 Å². The summed E-state index contributed by atoms with van der Waals surface area (Å²) in [6.45, 7) is 2.73. The minimum absolute atomic E-state index is 0.131. The molecule has 0 heterocycles. The van der Waals surface area contributed by atoms with Gasteiger partial charge in [0.2, 0.25) is 0 Å². The maximum atomic E-state index is 6.11. The number of rotatable bonds is 7. The van der Waals surface area contributed by atoms with E-state index < -0.39 is 0 Å². The van der Waals surface area contributed by atoms with Crippen molar-refractivity contribution in [2.45, 2.75) is 12.5 Å². The molecule has 90 valence electrons. The second-order valence-corrected chi connectivity index (χ2v) is 4.10. The zero-order chi connectivity index (χ0) is 11.8. The molecule has 0 bridgehead atoms. The standard InChI is InChI=1S/C13H22N2O/c1-15(10-11-16-2)9-8-13(14)12-6-4-3-5-7-12/h3-7,13H,8-11,14H2,1-2H3/t13-/m0/s1. The molecule has 0 fully saturated rings. The molecule has 3 heteroatoms. The first-order chi connectivity index (χ1) is 7.74. The second kappa shape index (κ2) is 7.39. The van der Waals surface area contributed by atoms with Crippen molar-refractivity contribution in [3.8, 4) is 0 Å². The van der Waals surface area contributed by atoms with E-state index in [0.717, 1.165) is 26.1 Å². The number of methoxy groups -OCH3 is 1. The number of benzene rings is 1. The number of hydrogen-bond donors (Lipinski definition) is 1. The normalized spacial score (nSPS) is 13.0. The van der Waals surface area contributed by atoms with Gasteiger partial charge >= 0.3 is 0 Å². The van der Waals surface area contributed by atoms with Gasteiger partial charge in [0, 0.05) is 19.7 Å². The van der Waals surface area contributed by atoms with Gasteiger partial charge in [0.25, 0.3) is 0 Å². The SMILES string of the molecule is COCCN(C)CC[C@H](N)c1ccccc1. The Morgan fingerprint density at radius 2 is 1.94 bits per heavy atom. The van der Waals surface area contributed by atoms with Crippen LogP contribution in [-0.2, 0) is 4.74 Å². The van der Waals surface area contributed by atoms with Crippen molar-refractivity contribution >= 4 is 0 Å². The molecule has 0 aliphatic heterocycles. The van der Waals surface area contributed by atoms with Crippen molar-refractivity contribution in [2.75, 3.05) is 33.9 Å². The molecule has 2 N–H and O–H groups in total. The molecule has 1 aromatic carbocycles. The topological polar surface area (TPSA) is 38.5 Å². The van der Waals surface area contributed by atoms with Crippen LogP contribution < -0.4 is 5.73 Å². The van der Waals surface area contributed by atoms with Gasteiger partial charge in [0.1, 0.15) is 0 Å². The van der Waals surface area contributed by atoms with Crippen molar-refractivity contribution in [2.24, 2.45) is 5.73 Å². The highest BCUT2D eigenvalue weighted by atomic mass is 16.5. The molecule has 0 aliphatic rings. The van der Waals surface area contributed by atoms with E-state index in [4.69, 9.17) is 10.5 Å². The molecule has 3 nitrogen and oxygen atoms in total. The van der Waals surface area contributed by atoms with Crippen LogP contribution in [0.25, 0.3) is 0 Å². The third-order valence-corrected chi connectivity index (χ3v) is 2.73. The highest BCUT2D eigenvalue weighted by molar-refractivity contribution is 5.18. The van der Waals surface area contributed by atoms with Gasteiger partial charge in [-0.05, 0) is 25.6 Å². The molecule has 1 aromatic rings. The number of nitrogens with zero attached hydrogens (tertiary/aromatic N) is 1. The molecule has 0 aromatic heterocycles. The van der Waals surface area contributed by atoms with E-state index in [9.17, 15) is 0 Å². The van der Waals surface area contributed by atoms with E-state index in [-0.39, 0.29) is 6.04 Å². The molecular weight excluding hydrogens is 200 g/mol. The highest BCUT2D eigenvalue weighted by Crippen LogP contribution is 2.13. The molecule has 16 heavy (non-hydrogen) atoms. The fraction of sp³-hybridized carbons (Fsp3) is 0.538. The van der Waals surface area contributed by atoms with Crippen LogP contribution in [0.4, 0.5) is 0 Å². The molecule has 0 saturated heterocycles. The average molecular weight is 222 g/mol. The van der Waals surface area contributed by atoms with Crippen molar-refractivity contribution in [3.05, 3.63) is 35.9 Å². The van der Waals surface area contributed by atoms with Crippen LogP contribution in [0.15, 0.2) is 30.3 Å². The summed E-state index contributed by atoms with van der Waals surface area (Å²) in [4.78, 5) is 2.24. The van der Waals surface area contributed by atoms with E-state index in [2.05, 4.69) is 24.1 Å². The van der Waals surface area contributed by atoms with E-state index in [0.29, 0.717) is 0 Å². The van der Waals surface area contributed by atoms with Gasteiger partial charge in [-0.3, -0.25) is 0 Å². The lowest BCUT2D eigenvalue weighted by molar-refractivity contribution is 0.159. The van der Waals surface area contributed by atoms with Crippen molar-refractivity contribution < 1.29 is 4.74 Å². The summed E-state index contributed by atoms with van der Waals surface area (Å²) < 4.78 is 5.03. The van der Waals surface area contributed by atoms with E-state index >= 15 is 0 Å². The Hall–Kier alpha value is -0.900. The lowest BCUT2D eigenvalue weighted by Crippen LogP contribution is -2.26. The van der Waals surface area contributed by atoms with Gasteiger partial charge in [-0.1, -0.05) is 30.3 Å². The van der Waals surface area contributed by atoms with Crippen LogP contribution in [0.5, 0.6) is 0 Å². The molecule has 0 spiro atoms. The van der Waals surface area contributed by atoms with Crippen LogP contribution in [0.1, 0.15) is 18.0 Å². The van der Waals surface area contributed by atoms with Gasteiger partial charge in [0.05, 0.1) is 6.61 Å². The summed E-state index contributed by atoms with van der Waals surface area (Å²) in [6.07, 6.45) is 0.976. The predicted octanol–water partition coefficient (Wildman–Crippen LogP) is 1.65. The third-order valence-electron chi connectivity index (χ3n) is 2.73. The molecule has 0 saturated carbocycles. The lowest BCUT2D eigenvalue weighted by atomic mass is 10.0. The largest absolute Gasteiger partial charge is 0.383 e. The minimum Gasteiger partial charge on any atom is -0.383 e. The van der Waals surface area contributed by atoms with Crippen molar-refractivity contribution in [1.82, 2.24) is 4.90 Å². The monoisotopic (exact) mass is 222 g/mol. The van der Waals surface area contributed by atoms with Gasteiger partial charge in [-0.15, -0.1) is 0 Å². The maximum Gasteiger partial charge on any atom is 0.0589 e. The molecule has 1 rings (SSSR count). The summed E-state index contributed by atoms with van der Waals surface area (Å²) >= 11 is 0. The van der Waals surface area contributed by atoms with Crippen molar-refractivity contribution in [1.29, 1.82) is 0 Å². The highest BCUT2D eigenvalue weighted by Gasteiger charge is 2.06. The zero-order valence-electron chi connectivity index (χ0n) is 10.2. The molecule has 0 radical (unpaired) electrons. The van der Waals surface area contributed by atoms with Crippen molar-refractivity contribution in [3.63, 3.8) is 0 Å². The van der Waals surface area contributed by atoms with E-state index in [1.165, 1.54) is 5.56 Å². The lowest BCUT2D eigenvalue weighted by Gasteiger charge is -2.19. The van der Waals surface area contributed by atoms with Gasteiger partial charge in [-0.2, -0.15) is 0 Å². The Kier molecular flexibility index (Phi) is 6.08. The predicted molar refractivity (Wildman–Crippen MR) is 67.4 cm³/mol. The fourth-order valence-corrected chi connectivity index (χ4v) is 1.59. The summed E-state index contributed by atoms with van der Waals surface area (Å²) in [5.41, 5.74) is 7.32. The van der Waals surface area contributed by atoms with Gasteiger partial charge in [-0.25, -0.2) is 0 Å². The number of likely N-dealkylation sites (N-methyl/N-ethyl adjacent to an activating group) is 1. The first-order valence-electron chi connectivity index (χ1n) is 5.72. The fourth-order valence-electron chi connectivity index (χ4n) is 1.59. The Labute approximate surface area is 98.2 Å². The van der Waals surface area contributed by atoms with Gasteiger partial charge < -0.3 is 15.4 Å². The van der Waals surface area contributed by atoms with E-state index in [1.807, 2.05) is 18.2 Å². The molecule has 0 aliphatic carbocycles. The molecule has 0 unspecified atom stereocenters. The summed E-state index contributed by atoms with van der Waals surface area (Å²) in [7, 11) is 3.82. The first-order valence-corrected chi connectivity index (χ1v) is 5.72. The second-order valence-electron chi connectivity index (χ2n) is 4.10. The summed E-state index contributed by atoms with van der Waals surface area (Å²) in [6, 6.07) is 10.4. The van der Waals surface area contributed by atoms with Crippen LogP contribution >= 0.6 is 0 Å². The smallest absolute Gasteiger partial charge is 0.0589 e. The molecule has 0 amide bonds. The quantitative estimate of drug-likeness (QED) is 0.762. The maximum absolute atomic E-state index is 6.11. The van der Waals surface area contributed by atoms with Crippen LogP contribution in [0.3, 0.4) is 0 Å². The Balaban J connectivity index is 2.27. The van der Waals surface area contributed by atoms with Gasteiger partial charge in [0.15, 0.2) is 0 Å². The van der Waals surface area contributed by atoms with Crippen LogP contribution in [-0.4, -0.2) is 38.8 Å². The van der Waals surface area contributed by atoms with Crippen LogP contribution in [0.2, 0.25) is 0 Å².